The topological polar surface area (TPSA) is 0 Å². The second-order valence-electron chi connectivity index (χ2n) is 6.34. The highest BCUT2D eigenvalue weighted by atomic mass is 14.3. The number of rotatable bonds is 4. The Labute approximate surface area is 134 Å². The molecule has 0 N–H and O–H groups in total. The zero-order valence-electron chi connectivity index (χ0n) is 13.7. The van der Waals surface area contributed by atoms with E-state index in [2.05, 4.69) is 87.5 Å². The Kier molecular flexibility index (Phi) is 4.29. The number of hydrogen-bond donors (Lipinski definition) is 0. The lowest BCUT2D eigenvalue weighted by molar-refractivity contribution is 0.689. The third-order valence-corrected chi connectivity index (χ3v) is 4.53. The Morgan fingerprint density at radius 1 is 0.909 bits per heavy atom. The SMILES string of the molecule is CCC1=CC(C(c2cccc(C)c2)c2cccc(C)c2)C=C1. The first-order valence-corrected chi connectivity index (χ1v) is 8.19. The molecule has 0 radical (unpaired) electrons. The smallest absolute Gasteiger partial charge is 0.0187 e. The van der Waals surface area contributed by atoms with Crippen LogP contribution < -0.4 is 0 Å². The molecule has 1 atom stereocenters. The highest BCUT2D eigenvalue weighted by Gasteiger charge is 2.24. The molecule has 0 aliphatic heterocycles. The van der Waals surface area contributed by atoms with Gasteiger partial charge in [0.1, 0.15) is 0 Å². The lowest BCUT2D eigenvalue weighted by Gasteiger charge is -2.23. The van der Waals surface area contributed by atoms with Gasteiger partial charge in [0.25, 0.3) is 0 Å². The molecule has 0 saturated carbocycles. The van der Waals surface area contributed by atoms with Crippen LogP contribution in [0.15, 0.2) is 72.3 Å². The van der Waals surface area contributed by atoms with E-state index in [1.165, 1.54) is 27.8 Å². The maximum absolute atomic E-state index is 2.44. The van der Waals surface area contributed by atoms with Crippen molar-refractivity contribution in [3.63, 3.8) is 0 Å². The van der Waals surface area contributed by atoms with Crippen molar-refractivity contribution in [3.8, 4) is 0 Å². The average molecular weight is 288 g/mol. The summed E-state index contributed by atoms with van der Waals surface area (Å²) in [6.07, 6.45) is 8.22. The standard InChI is InChI=1S/C22H24/c1-4-18-11-12-21(15-18)22(19-9-5-7-16(2)13-19)20-10-6-8-17(3)14-20/h5-15,21-22H,4H2,1-3H3. The summed E-state index contributed by atoms with van der Waals surface area (Å²) in [7, 11) is 0. The van der Waals surface area contributed by atoms with Crippen molar-refractivity contribution in [1.82, 2.24) is 0 Å². The molecule has 0 fully saturated rings. The molecule has 0 heterocycles. The van der Waals surface area contributed by atoms with Crippen molar-refractivity contribution < 1.29 is 0 Å². The van der Waals surface area contributed by atoms with Crippen LogP contribution in [0.5, 0.6) is 0 Å². The van der Waals surface area contributed by atoms with Crippen molar-refractivity contribution in [2.75, 3.05) is 0 Å². The van der Waals surface area contributed by atoms with Crippen LogP contribution >= 0.6 is 0 Å². The van der Waals surface area contributed by atoms with E-state index in [0.29, 0.717) is 11.8 Å². The Morgan fingerprint density at radius 3 is 1.95 bits per heavy atom. The molecule has 2 aromatic rings. The summed E-state index contributed by atoms with van der Waals surface area (Å²) in [5.41, 5.74) is 6.94. The van der Waals surface area contributed by atoms with E-state index in [4.69, 9.17) is 0 Å². The predicted octanol–water partition coefficient (Wildman–Crippen LogP) is 5.96. The third kappa shape index (κ3) is 3.06. The Bertz CT molecular complexity index is 673. The fourth-order valence-electron chi connectivity index (χ4n) is 3.40. The van der Waals surface area contributed by atoms with Crippen molar-refractivity contribution in [2.24, 2.45) is 5.92 Å². The third-order valence-electron chi connectivity index (χ3n) is 4.53. The van der Waals surface area contributed by atoms with Gasteiger partial charge in [-0.3, -0.25) is 0 Å². The minimum atomic E-state index is 0.403. The minimum Gasteiger partial charge on any atom is -0.0764 e. The molecule has 1 unspecified atom stereocenters. The van der Waals surface area contributed by atoms with Crippen molar-refractivity contribution in [3.05, 3.63) is 94.6 Å². The summed E-state index contributed by atoms with van der Waals surface area (Å²) in [4.78, 5) is 0. The molecule has 3 rings (SSSR count). The first-order chi connectivity index (χ1) is 10.7. The molecular formula is C22H24. The van der Waals surface area contributed by atoms with Gasteiger partial charge >= 0.3 is 0 Å². The monoisotopic (exact) mass is 288 g/mol. The maximum Gasteiger partial charge on any atom is 0.0187 e. The summed E-state index contributed by atoms with van der Waals surface area (Å²) in [5.74, 6) is 0.860. The van der Waals surface area contributed by atoms with E-state index in [0.717, 1.165) is 6.42 Å². The average Bonchev–Trinajstić information content (AvgIpc) is 2.96. The fourth-order valence-corrected chi connectivity index (χ4v) is 3.40. The van der Waals surface area contributed by atoms with Gasteiger partial charge in [-0.25, -0.2) is 0 Å². The second-order valence-corrected chi connectivity index (χ2v) is 6.34. The molecule has 112 valence electrons. The molecule has 0 amide bonds. The van der Waals surface area contributed by atoms with Gasteiger partial charge in [0, 0.05) is 11.8 Å². The van der Waals surface area contributed by atoms with Gasteiger partial charge in [0.05, 0.1) is 0 Å². The van der Waals surface area contributed by atoms with E-state index in [1.807, 2.05) is 0 Å². The van der Waals surface area contributed by atoms with Crippen LogP contribution in [0.25, 0.3) is 0 Å². The summed E-state index contributed by atoms with van der Waals surface area (Å²) < 4.78 is 0. The van der Waals surface area contributed by atoms with E-state index in [9.17, 15) is 0 Å². The van der Waals surface area contributed by atoms with E-state index in [1.54, 1.807) is 0 Å². The predicted molar refractivity (Wildman–Crippen MR) is 95.2 cm³/mol. The summed E-state index contributed by atoms with van der Waals surface area (Å²) in [6.45, 7) is 6.58. The summed E-state index contributed by atoms with van der Waals surface area (Å²) >= 11 is 0. The Balaban J connectivity index is 2.07. The molecule has 1 aliphatic rings. The molecule has 0 spiro atoms. The first-order valence-electron chi connectivity index (χ1n) is 8.19. The molecule has 1 aliphatic carbocycles. The van der Waals surface area contributed by atoms with Gasteiger partial charge in [0.15, 0.2) is 0 Å². The van der Waals surface area contributed by atoms with Crippen LogP contribution in [0.2, 0.25) is 0 Å². The minimum absolute atomic E-state index is 0.403. The molecule has 0 aromatic heterocycles. The quantitative estimate of drug-likeness (QED) is 0.651. The molecule has 2 aromatic carbocycles. The molecular weight excluding hydrogens is 264 g/mol. The largest absolute Gasteiger partial charge is 0.0764 e. The molecule has 0 nitrogen and oxygen atoms in total. The van der Waals surface area contributed by atoms with E-state index < -0.39 is 0 Å². The first kappa shape index (κ1) is 14.8. The normalized spacial score (nSPS) is 17.1. The number of hydrogen-bond acceptors (Lipinski definition) is 0. The van der Waals surface area contributed by atoms with Gasteiger partial charge in [-0.1, -0.05) is 90.4 Å². The summed E-state index contributed by atoms with van der Waals surface area (Å²) in [5, 5.41) is 0. The van der Waals surface area contributed by atoms with Crippen molar-refractivity contribution >= 4 is 0 Å². The van der Waals surface area contributed by atoms with Gasteiger partial charge in [-0.05, 0) is 31.4 Å². The van der Waals surface area contributed by atoms with Gasteiger partial charge in [0.2, 0.25) is 0 Å². The number of allylic oxidation sites excluding steroid dienone is 4. The summed E-state index contributed by atoms with van der Waals surface area (Å²) in [6, 6.07) is 17.9. The fraction of sp³-hybridized carbons (Fsp3) is 0.273. The van der Waals surface area contributed by atoms with Gasteiger partial charge < -0.3 is 0 Å². The van der Waals surface area contributed by atoms with Crippen LogP contribution in [0.4, 0.5) is 0 Å². The van der Waals surface area contributed by atoms with E-state index >= 15 is 0 Å². The molecule has 22 heavy (non-hydrogen) atoms. The Hall–Kier alpha value is -2.08. The molecule has 0 bridgehead atoms. The Morgan fingerprint density at radius 2 is 1.50 bits per heavy atom. The number of benzene rings is 2. The van der Waals surface area contributed by atoms with Crippen molar-refractivity contribution in [1.29, 1.82) is 0 Å². The lowest BCUT2D eigenvalue weighted by Crippen LogP contribution is -2.10. The van der Waals surface area contributed by atoms with Crippen LogP contribution in [-0.4, -0.2) is 0 Å². The zero-order chi connectivity index (χ0) is 15.5. The van der Waals surface area contributed by atoms with E-state index in [-0.39, 0.29) is 0 Å². The highest BCUT2D eigenvalue weighted by Crippen LogP contribution is 2.38. The van der Waals surface area contributed by atoms with Crippen LogP contribution in [0.3, 0.4) is 0 Å². The lowest BCUT2D eigenvalue weighted by atomic mass is 9.80. The number of aryl methyl sites for hydroxylation is 2. The zero-order valence-corrected chi connectivity index (χ0v) is 13.7. The van der Waals surface area contributed by atoms with Gasteiger partial charge in [-0.2, -0.15) is 0 Å². The highest BCUT2D eigenvalue weighted by molar-refractivity contribution is 5.42. The molecule has 0 heteroatoms. The van der Waals surface area contributed by atoms with Gasteiger partial charge in [-0.15, -0.1) is 0 Å². The molecule has 0 saturated heterocycles. The van der Waals surface area contributed by atoms with Crippen LogP contribution in [0, 0.1) is 19.8 Å². The maximum atomic E-state index is 2.44. The van der Waals surface area contributed by atoms with Crippen molar-refractivity contribution in [2.45, 2.75) is 33.1 Å². The second kappa shape index (κ2) is 6.36. The van der Waals surface area contributed by atoms with Crippen LogP contribution in [-0.2, 0) is 0 Å². The van der Waals surface area contributed by atoms with Crippen LogP contribution in [0.1, 0.15) is 41.5 Å².